The molecule has 7 bridgehead atoms. The van der Waals surface area contributed by atoms with Crippen LogP contribution in [-0.2, 0) is 23.8 Å². The van der Waals surface area contributed by atoms with Crippen molar-refractivity contribution in [2.24, 2.45) is 34.5 Å². The summed E-state index contributed by atoms with van der Waals surface area (Å²) in [5.41, 5.74) is -5.03. The Hall–Kier alpha value is -1.52. The summed E-state index contributed by atoms with van der Waals surface area (Å²) in [6, 6.07) is -0.638. The van der Waals surface area contributed by atoms with E-state index in [2.05, 4.69) is 11.8 Å². The van der Waals surface area contributed by atoms with Crippen molar-refractivity contribution in [3.8, 4) is 0 Å². The van der Waals surface area contributed by atoms with Gasteiger partial charge in [-0.05, 0) is 18.9 Å². The number of aliphatic hydroxyl groups is 3. The zero-order valence-electron chi connectivity index (χ0n) is 21.0. The molecule has 5 fully saturated rings. The molecule has 0 amide bonds. The number of aliphatic hydroxyl groups excluding tert-OH is 1. The Labute approximate surface area is 205 Å². The minimum absolute atomic E-state index is 0.137. The summed E-state index contributed by atoms with van der Waals surface area (Å²) in [6.07, 6.45) is 1.47. The predicted octanol–water partition coefficient (Wildman–Crippen LogP) is 0.254. The normalized spacial score (nSPS) is 57.2. The van der Waals surface area contributed by atoms with Crippen LogP contribution in [0.4, 0.5) is 0 Å². The van der Waals surface area contributed by atoms with Gasteiger partial charge in [-0.15, -0.1) is 0 Å². The highest BCUT2D eigenvalue weighted by atomic mass is 16.6. The van der Waals surface area contributed by atoms with Crippen molar-refractivity contribution in [1.29, 1.82) is 0 Å². The second kappa shape index (κ2) is 7.07. The number of carbonyl (C=O) groups excluding carboxylic acids is 2. The molecule has 0 aromatic carbocycles. The van der Waals surface area contributed by atoms with Crippen molar-refractivity contribution in [3.05, 3.63) is 12.2 Å². The standard InChI is InChI=1S/C26H37NO8/c1-6-27-11-23(4)8-7-17(30)25-15-9-14-16(33-5)10-24(31,18(15)19(14)34-12(2)28)26(32,22(25)27)21(20(23)25)35-13(3)29/h7-8,14-22,30-32H,6,9-11H2,1-5H3/t14-,15?,16+,17+,18?,19+,20-,21+,22?,23+,24-,25+,26+/m1/s1. The Bertz CT molecular complexity index is 1000. The van der Waals surface area contributed by atoms with Crippen LogP contribution < -0.4 is 0 Å². The number of esters is 2. The summed E-state index contributed by atoms with van der Waals surface area (Å²) in [7, 11) is 1.57. The number of fused-ring (bicyclic) bond motifs is 2. The monoisotopic (exact) mass is 491 g/mol. The van der Waals surface area contributed by atoms with E-state index >= 15 is 0 Å². The molecule has 9 heteroatoms. The number of piperidine rings is 1. The molecule has 3 N–H and O–H groups in total. The van der Waals surface area contributed by atoms with Crippen LogP contribution in [0.3, 0.4) is 0 Å². The van der Waals surface area contributed by atoms with Crippen LogP contribution in [0.1, 0.15) is 40.5 Å². The van der Waals surface area contributed by atoms with Crippen molar-refractivity contribution in [3.63, 3.8) is 0 Å². The molecule has 194 valence electrons. The highest BCUT2D eigenvalue weighted by Gasteiger charge is 2.91. The van der Waals surface area contributed by atoms with Gasteiger partial charge >= 0.3 is 11.9 Å². The Kier molecular flexibility index (Phi) is 4.82. The molecule has 0 aromatic heterocycles. The first-order chi connectivity index (χ1) is 16.4. The Morgan fingerprint density at radius 2 is 1.86 bits per heavy atom. The molecular formula is C26H37NO8. The van der Waals surface area contributed by atoms with Gasteiger partial charge < -0.3 is 29.5 Å². The molecule has 35 heavy (non-hydrogen) atoms. The number of likely N-dealkylation sites (tertiary alicyclic amines) is 1. The van der Waals surface area contributed by atoms with E-state index in [0.717, 1.165) is 0 Å². The molecule has 0 aromatic rings. The van der Waals surface area contributed by atoms with Gasteiger partial charge in [0.15, 0.2) is 0 Å². The average Bonchev–Trinajstić information content (AvgIpc) is 3.17. The van der Waals surface area contributed by atoms with E-state index in [0.29, 0.717) is 19.5 Å². The smallest absolute Gasteiger partial charge is 0.303 e. The third-order valence-corrected chi connectivity index (χ3v) is 10.9. The van der Waals surface area contributed by atoms with E-state index in [9.17, 15) is 24.9 Å². The van der Waals surface area contributed by atoms with E-state index < -0.39 is 76.3 Å². The molecule has 6 aliphatic rings. The zero-order chi connectivity index (χ0) is 25.3. The number of hydrogen-bond donors (Lipinski definition) is 3. The molecule has 6 rings (SSSR count). The first-order valence-electron chi connectivity index (χ1n) is 12.8. The van der Waals surface area contributed by atoms with Gasteiger partial charge in [0, 0.05) is 62.5 Å². The van der Waals surface area contributed by atoms with Gasteiger partial charge in [0.2, 0.25) is 0 Å². The number of ether oxygens (including phenoxy) is 3. The lowest BCUT2D eigenvalue weighted by atomic mass is 9.44. The largest absolute Gasteiger partial charge is 0.462 e. The summed E-state index contributed by atoms with van der Waals surface area (Å²) >= 11 is 0. The fraction of sp³-hybridized carbons (Fsp3) is 0.846. The maximum Gasteiger partial charge on any atom is 0.303 e. The first-order valence-corrected chi connectivity index (χ1v) is 12.8. The topological polar surface area (TPSA) is 126 Å². The fourth-order valence-electron chi connectivity index (χ4n) is 10.3. The number of methoxy groups -OCH3 is 1. The van der Waals surface area contributed by atoms with Gasteiger partial charge in [0.05, 0.1) is 18.2 Å². The summed E-state index contributed by atoms with van der Waals surface area (Å²) in [5, 5.41) is 37.5. The first kappa shape index (κ1) is 23.9. The second-order valence-electron chi connectivity index (χ2n) is 12.1. The van der Waals surface area contributed by atoms with E-state index in [-0.39, 0.29) is 18.3 Å². The number of nitrogens with zero attached hydrogens (tertiary/aromatic N) is 1. The Balaban J connectivity index is 1.67. The minimum Gasteiger partial charge on any atom is -0.462 e. The zero-order valence-corrected chi connectivity index (χ0v) is 21.0. The lowest BCUT2D eigenvalue weighted by Crippen LogP contribution is -2.81. The van der Waals surface area contributed by atoms with Crippen molar-refractivity contribution in [2.45, 2.75) is 82.2 Å². The third kappa shape index (κ3) is 2.43. The van der Waals surface area contributed by atoms with Gasteiger partial charge in [0.1, 0.15) is 23.4 Å². The maximum atomic E-state index is 12.9. The molecular weight excluding hydrogens is 454 g/mol. The van der Waals surface area contributed by atoms with Crippen LogP contribution in [0, 0.1) is 34.5 Å². The average molecular weight is 492 g/mol. The summed E-state index contributed by atoms with van der Waals surface area (Å²) in [4.78, 5) is 26.8. The molecule has 1 saturated heterocycles. The molecule has 4 saturated carbocycles. The van der Waals surface area contributed by atoms with Crippen molar-refractivity contribution in [2.75, 3.05) is 20.2 Å². The van der Waals surface area contributed by atoms with E-state index in [1.54, 1.807) is 7.11 Å². The number of hydrogen-bond acceptors (Lipinski definition) is 9. The van der Waals surface area contributed by atoms with Gasteiger partial charge in [-0.25, -0.2) is 0 Å². The lowest BCUT2D eigenvalue weighted by Gasteiger charge is -2.68. The quantitative estimate of drug-likeness (QED) is 0.375. The van der Waals surface area contributed by atoms with E-state index in [4.69, 9.17) is 14.2 Å². The maximum absolute atomic E-state index is 12.9. The lowest BCUT2D eigenvalue weighted by molar-refractivity contribution is -0.309. The molecule has 1 aliphatic heterocycles. The summed E-state index contributed by atoms with van der Waals surface area (Å²) in [6.45, 7) is 7.98. The van der Waals surface area contributed by atoms with Gasteiger partial charge in [-0.1, -0.05) is 26.0 Å². The molecule has 3 unspecified atom stereocenters. The SMILES string of the molecule is CCN1C[C@]2(C)C=C[C@H](O)[C@]34C5C[C@@H]6[C@@H](OC)C[C@@](O)(C5[C@H]6OC(C)=O)[C@@](O)(C13)[C@@H](OC(C)=O)[C@@H]42. The fourth-order valence-corrected chi connectivity index (χ4v) is 10.3. The Morgan fingerprint density at radius 1 is 1.17 bits per heavy atom. The van der Waals surface area contributed by atoms with Gasteiger partial charge in [0.25, 0.3) is 0 Å². The highest BCUT2D eigenvalue weighted by Crippen LogP contribution is 2.79. The summed E-state index contributed by atoms with van der Waals surface area (Å²) in [5.74, 6) is -2.45. The molecule has 13 atom stereocenters. The molecule has 1 spiro atoms. The molecule has 1 heterocycles. The van der Waals surface area contributed by atoms with Crippen LogP contribution in [0.2, 0.25) is 0 Å². The van der Waals surface area contributed by atoms with Crippen molar-refractivity contribution < 1.29 is 39.1 Å². The van der Waals surface area contributed by atoms with Crippen LogP contribution in [-0.4, -0.2) is 94.0 Å². The third-order valence-electron chi connectivity index (χ3n) is 10.9. The number of rotatable bonds is 4. The number of carbonyl (C=O) groups is 2. The number of likely N-dealkylation sites (N-methyl/N-ethyl adjacent to an activating group) is 1. The summed E-state index contributed by atoms with van der Waals surface area (Å²) < 4.78 is 17.7. The van der Waals surface area contributed by atoms with Crippen LogP contribution in [0.15, 0.2) is 12.2 Å². The Morgan fingerprint density at radius 3 is 2.46 bits per heavy atom. The van der Waals surface area contributed by atoms with Crippen molar-refractivity contribution >= 4 is 11.9 Å². The van der Waals surface area contributed by atoms with Crippen LogP contribution >= 0.6 is 0 Å². The van der Waals surface area contributed by atoms with Crippen molar-refractivity contribution in [1.82, 2.24) is 4.90 Å². The van der Waals surface area contributed by atoms with Crippen LogP contribution in [0.25, 0.3) is 0 Å². The molecule has 5 aliphatic carbocycles. The molecule has 0 radical (unpaired) electrons. The van der Waals surface area contributed by atoms with Gasteiger partial charge in [-0.2, -0.15) is 0 Å². The minimum atomic E-state index is -1.89. The van der Waals surface area contributed by atoms with Gasteiger partial charge in [-0.3, -0.25) is 14.5 Å². The van der Waals surface area contributed by atoms with E-state index in [1.165, 1.54) is 13.8 Å². The molecule has 9 nitrogen and oxygen atoms in total. The highest BCUT2D eigenvalue weighted by molar-refractivity contribution is 5.67. The van der Waals surface area contributed by atoms with E-state index in [1.807, 2.05) is 19.1 Å². The predicted molar refractivity (Wildman–Crippen MR) is 122 cm³/mol. The van der Waals surface area contributed by atoms with Crippen LogP contribution in [0.5, 0.6) is 0 Å². The second-order valence-corrected chi connectivity index (χ2v) is 12.1.